The van der Waals surface area contributed by atoms with Gasteiger partial charge in [0.2, 0.25) is 11.8 Å². The molecule has 1 fully saturated rings. The lowest BCUT2D eigenvalue weighted by Crippen LogP contribution is -2.43. The van der Waals surface area contributed by atoms with Crippen LogP contribution in [0.3, 0.4) is 0 Å². The number of nitrogens with zero attached hydrogens (tertiary/aromatic N) is 6. The number of carbonyl (C=O) groups is 2. The average Bonchev–Trinajstić information content (AvgIpc) is 3.56. The molecule has 0 saturated heterocycles. The van der Waals surface area contributed by atoms with Gasteiger partial charge in [0.25, 0.3) is 11.8 Å². The van der Waals surface area contributed by atoms with E-state index in [-0.39, 0.29) is 46.6 Å². The number of halogens is 1. The van der Waals surface area contributed by atoms with E-state index >= 15 is 4.21 Å². The number of aromatic nitrogens is 4. The number of amides is 2. The van der Waals surface area contributed by atoms with Crippen molar-refractivity contribution < 1.29 is 32.7 Å². The Hall–Kier alpha value is -4.99. The molecule has 2 amide bonds. The number of nitrogens with one attached hydrogen (secondary N) is 1. The van der Waals surface area contributed by atoms with Gasteiger partial charge in [-0.1, -0.05) is 30.7 Å². The molecule has 2 aromatic heterocycles. The van der Waals surface area contributed by atoms with Crippen molar-refractivity contribution in [1.82, 2.24) is 24.5 Å². The molecule has 2 aliphatic heterocycles. The standard InChI is InChI=1S/C41H48ClN7O7S/c1-26-25-57(52,47-40(51)33-24-48(2)45-41(33)54-4)46-39(50)28-10-13-37-34(20-28)49(22-29-8-11-31(42)19-27(29)7-5-6-18-55-37)23-30-9-12-32(30)36(53-3)15-14-35(26)56-38-21-43-16-17-44-38/h8,10-11,13-17,19-21,24,26,30,32,35-36H,5-7,9,12,18,22-23,25H2,1-4H3,(H,46,47,50,51,52)/b15-14+/t26-,30+,32-,35+,36+,57?/m1/s1. The fourth-order valence-corrected chi connectivity index (χ4v) is 9.82. The van der Waals surface area contributed by atoms with Crippen molar-refractivity contribution >= 4 is 39.0 Å². The second kappa shape index (κ2) is 17.7. The van der Waals surface area contributed by atoms with E-state index in [1.54, 1.807) is 32.4 Å². The molecule has 1 saturated carbocycles. The van der Waals surface area contributed by atoms with Gasteiger partial charge in [-0.2, -0.15) is 0 Å². The van der Waals surface area contributed by atoms with E-state index in [4.69, 9.17) is 30.5 Å². The Morgan fingerprint density at radius 3 is 2.65 bits per heavy atom. The van der Waals surface area contributed by atoms with Gasteiger partial charge in [-0.15, -0.1) is 9.46 Å². The maximum Gasteiger partial charge on any atom is 0.286 e. The molecule has 2 bridgehead atoms. The van der Waals surface area contributed by atoms with Gasteiger partial charge in [-0.05, 0) is 91.5 Å². The van der Waals surface area contributed by atoms with Crippen LogP contribution in [-0.4, -0.2) is 81.1 Å². The highest BCUT2D eigenvalue weighted by atomic mass is 35.5. The third-order valence-corrected chi connectivity index (χ3v) is 13.0. The van der Waals surface area contributed by atoms with Gasteiger partial charge in [-0.3, -0.25) is 24.0 Å². The van der Waals surface area contributed by atoms with E-state index in [0.717, 1.165) is 43.4 Å². The van der Waals surface area contributed by atoms with Gasteiger partial charge in [0, 0.05) is 62.3 Å². The number of aryl methyl sites for hydroxylation is 2. The summed E-state index contributed by atoms with van der Waals surface area (Å²) in [6.07, 6.45) is 13.4. The van der Waals surface area contributed by atoms with Gasteiger partial charge in [0.1, 0.15) is 27.3 Å². The molecule has 14 nitrogen and oxygen atoms in total. The molecule has 3 aliphatic rings. The summed E-state index contributed by atoms with van der Waals surface area (Å²) in [4.78, 5) is 38.8. The predicted molar refractivity (Wildman–Crippen MR) is 216 cm³/mol. The Balaban J connectivity index is 1.36. The van der Waals surface area contributed by atoms with Crippen LogP contribution < -0.4 is 23.8 Å². The second-order valence-corrected chi connectivity index (χ2v) is 17.3. The van der Waals surface area contributed by atoms with Crippen LogP contribution in [0.1, 0.15) is 64.4 Å². The normalized spacial score (nSPS) is 25.9. The Labute approximate surface area is 338 Å². The zero-order chi connectivity index (χ0) is 40.1. The lowest BCUT2D eigenvalue weighted by Gasteiger charge is -2.43. The van der Waals surface area contributed by atoms with Crippen molar-refractivity contribution in [3.63, 3.8) is 0 Å². The molecule has 16 heteroatoms. The van der Waals surface area contributed by atoms with Gasteiger partial charge in [0.15, 0.2) is 0 Å². The van der Waals surface area contributed by atoms with Gasteiger partial charge in [0.05, 0.1) is 37.5 Å². The fourth-order valence-electron chi connectivity index (χ4n) is 7.75. The molecule has 6 atom stereocenters. The number of methoxy groups -OCH3 is 2. The SMILES string of the molecule is COc1nn(C)cc1C(=O)NS1(=O)=NC(=O)c2ccc3c(c2)N(Cc2ccc(Cl)cc2CCCCO3)C[C@@H]2CC[C@H]2[C@@H](OC)/C=C/[C@H](Oc2cnccn2)[C@H](C)C1. The first-order chi connectivity index (χ1) is 27.5. The molecule has 4 heterocycles. The van der Waals surface area contributed by atoms with Crippen LogP contribution in [0, 0.1) is 17.8 Å². The molecular weight excluding hydrogens is 770 g/mol. The van der Waals surface area contributed by atoms with Crippen LogP contribution in [0.5, 0.6) is 17.5 Å². The van der Waals surface area contributed by atoms with Crippen LogP contribution in [0.25, 0.3) is 0 Å². The third kappa shape index (κ3) is 9.43. The van der Waals surface area contributed by atoms with Gasteiger partial charge >= 0.3 is 0 Å². The van der Waals surface area contributed by atoms with Crippen molar-refractivity contribution in [2.24, 2.45) is 29.2 Å². The molecular formula is C41H48ClN7O7S. The van der Waals surface area contributed by atoms with E-state index in [1.807, 2.05) is 31.2 Å². The summed E-state index contributed by atoms with van der Waals surface area (Å²) in [6.45, 7) is 3.50. The summed E-state index contributed by atoms with van der Waals surface area (Å²) >= 11 is 6.50. The van der Waals surface area contributed by atoms with Crippen molar-refractivity contribution in [2.45, 2.75) is 57.8 Å². The molecule has 1 unspecified atom stereocenters. The molecule has 0 spiro atoms. The number of rotatable bonds is 6. The highest BCUT2D eigenvalue weighted by molar-refractivity contribution is 7.92. The van der Waals surface area contributed by atoms with Crippen molar-refractivity contribution in [3.05, 3.63) is 101 Å². The molecule has 4 aromatic rings. The Morgan fingerprint density at radius 1 is 1.05 bits per heavy atom. The highest BCUT2D eigenvalue weighted by Crippen LogP contribution is 2.42. The molecule has 2 aromatic carbocycles. The Bertz CT molecular complexity index is 2240. The van der Waals surface area contributed by atoms with Crippen LogP contribution in [0.15, 0.2) is 77.7 Å². The first-order valence-electron chi connectivity index (χ1n) is 19.1. The molecule has 0 radical (unpaired) electrons. The number of fused-ring (bicyclic) bond motifs is 3. The summed E-state index contributed by atoms with van der Waals surface area (Å²) in [5, 5.41) is 4.85. The van der Waals surface area contributed by atoms with E-state index in [9.17, 15) is 9.59 Å². The monoisotopic (exact) mass is 817 g/mol. The zero-order valence-electron chi connectivity index (χ0n) is 32.5. The number of hydrogen-bond donors (Lipinski definition) is 1. The summed E-state index contributed by atoms with van der Waals surface area (Å²) in [5.74, 6) is -1.00. The van der Waals surface area contributed by atoms with Crippen LogP contribution in [-0.2, 0) is 34.7 Å². The van der Waals surface area contributed by atoms with E-state index in [2.05, 4.69) is 35.1 Å². The number of anilines is 1. The quantitative estimate of drug-likeness (QED) is 0.220. The highest BCUT2D eigenvalue weighted by Gasteiger charge is 2.38. The van der Waals surface area contributed by atoms with Crippen LogP contribution >= 0.6 is 11.6 Å². The van der Waals surface area contributed by atoms with Crippen LogP contribution in [0.4, 0.5) is 5.69 Å². The number of ether oxygens (including phenoxy) is 4. The maximum absolute atomic E-state index is 15.1. The minimum atomic E-state index is -3.84. The number of benzene rings is 2. The molecule has 1 aliphatic carbocycles. The van der Waals surface area contributed by atoms with Crippen molar-refractivity contribution in [1.29, 1.82) is 0 Å². The smallest absolute Gasteiger partial charge is 0.286 e. The molecule has 1 N–H and O–H groups in total. The van der Waals surface area contributed by atoms with E-state index < -0.39 is 33.8 Å². The lowest BCUT2D eigenvalue weighted by atomic mass is 9.70. The lowest BCUT2D eigenvalue weighted by molar-refractivity contribution is 0.0128. The van der Waals surface area contributed by atoms with E-state index in [0.29, 0.717) is 30.5 Å². The summed E-state index contributed by atoms with van der Waals surface area (Å²) < 4.78 is 47.6. The van der Waals surface area contributed by atoms with Gasteiger partial charge < -0.3 is 23.8 Å². The summed E-state index contributed by atoms with van der Waals surface area (Å²) in [7, 11) is 0.874. The second-order valence-electron chi connectivity index (χ2n) is 14.8. The molecule has 7 rings (SSSR count). The Morgan fingerprint density at radius 2 is 1.89 bits per heavy atom. The molecule has 57 heavy (non-hydrogen) atoms. The van der Waals surface area contributed by atoms with E-state index in [1.165, 1.54) is 42.1 Å². The Kier molecular flexibility index (Phi) is 12.5. The summed E-state index contributed by atoms with van der Waals surface area (Å²) in [5.41, 5.74) is 3.27. The topological polar surface area (TPSA) is 159 Å². The summed E-state index contributed by atoms with van der Waals surface area (Å²) in [6, 6.07) is 11.2. The number of hydrogen-bond acceptors (Lipinski definition) is 11. The van der Waals surface area contributed by atoms with Crippen LogP contribution in [0.2, 0.25) is 5.02 Å². The van der Waals surface area contributed by atoms with Crippen molar-refractivity contribution in [3.8, 4) is 17.5 Å². The first-order valence-corrected chi connectivity index (χ1v) is 21.2. The molecule has 302 valence electrons. The predicted octanol–water partition coefficient (Wildman–Crippen LogP) is 6.24. The maximum atomic E-state index is 15.1. The largest absolute Gasteiger partial charge is 0.491 e. The minimum Gasteiger partial charge on any atom is -0.491 e. The third-order valence-electron chi connectivity index (χ3n) is 10.9. The number of carbonyl (C=O) groups excluding carboxylic acids is 2. The van der Waals surface area contributed by atoms with Gasteiger partial charge in [-0.25, -0.2) is 9.19 Å². The fraction of sp³-hybridized carbons (Fsp3) is 0.439. The first kappa shape index (κ1) is 40.2. The van der Waals surface area contributed by atoms with Crippen molar-refractivity contribution in [2.75, 3.05) is 38.0 Å². The average molecular weight is 818 g/mol. The minimum absolute atomic E-state index is 0.0328. The zero-order valence-corrected chi connectivity index (χ0v) is 34.1.